The topological polar surface area (TPSA) is 73.0 Å². The predicted octanol–water partition coefficient (Wildman–Crippen LogP) is 1.53. The highest BCUT2D eigenvalue weighted by atomic mass is 16.2. The summed E-state index contributed by atoms with van der Waals surface area (Å²) in [5.74, 6) is -0.139. The molecule has 31 heavy (non-hydrogen) atoms. The summed E-state index contributed by atoms with van der Waals surface area (Å²) in [5, 5.41) is 3.32. The number of likely N-dealkylation sites (tertiary alicyclic amines) is 1. The second kappa shape index (κ2) is 10.8. The lowest BCUT2D eigenvalue weighted by atomic mass is 10.1. The molecule has 0 bridgehead atoms. The molecule has 0 aromatic heterocycles. The number of nitrogens with one attached hydrogen (secondary N) is 1. The molecule has 2 heterocycles. The first kappa shape index (κ1) is 23.3. The molecule has 170 valence electrons. The first-order chi connectivity index (χ1) is 14.9. The van der Waals surface area contributed by atoms with Crippen LogP contribution in [0.15, 0.2) is 30.3 Å². The number of carbonyl (C=O) groups is 3. The van der Waals surface area contributed by atoms with E-state index in [1.54, 1.807) is 4.90 Å². The third kappa shape index (κ3) is 5.85. The summed E-state index contributed by atoms with van der Waals surface area (Å²) < 4.78 is 0. The Bertz CT molecular complexity index is 759. The van der Waals surface area contributed by atoms with Gasteiger partial charge in [0.1, 0.15) is 6.04 Å². The normalized spacial score (nSPS) is 21.8. The van der Waals surface area contributed by atoms with E-state index in [1.165, 1.54) is 12.5 Å². The van der Waals surface area contributed by atoms with E-state index in [9.17, 15) is 14.4 Å². The molecule has 1 aromatic carbocycles. The Hall–Kier alpha value is -2.41. The van der Waals surface area contributed by atoms with Crippen LogP contribution in [0.5, 0.6) is 0 Å². The highest BCUT2D eigenvalue weighted by Crippen LogP contribution is 2.26. The van der Waals surface area contributed by atoms with Crippen molar-refractivity contribution in [3.8, 4) is 0 Å². The van der Waals surface area contributed by atoms with Crippen molar-refractivity contribution in [2.24, 2.45) is 5.92 Å². The fourth-order valence-corrected chi connectivity index (χ4v) is 4.60. The van der Waals surface area contributed by atoms with Crippen LogP contribution < -0.4 is 5.32 Å². The van der Waals surface area contributed by atoms with E-state index in [2.05, 4.69) is 17.4 Å². The summed E-state index contributed by atoms with van der Waals surface area (Å²) >= 11 is 0. The lowest BCUT2D eigenvalue weighted by molar-refractivity contribution is -0.142. The molecule has 2 aliphatic rings. The van der Waals surface area contributed by atoms with Crippen LogP contribution in [0.3, 0.4) is 0 Å². The zero-order valence-electron chi connectivity index (χ0n) is 19.0. The van der Waals surface area contributed by atoms with Crippen molar-refractivity contribution in [2.45, 2.75) is 52.1 Å². The Morgan fingerprint density at radius 3 is 2.55 bits per heavy atom. The summed E-state index contributed by atoms with van der Waals surface area (Å²) in [5.41, 5.74) is 1.18. The molecule has 2 fully saturated rings. The van der Waals surface area contributed by atoms with Crippen LogP contribution in [0.25, 0.3) is 0 Å². The van der Waals surface area contributed by atoms with Crippen LogP contribution in [0, 0.1) is 5.92 Å². The lowest BCUT2D eigenvalue weighted by Gasteiger charge is -2.30. The standard InChI is InChI=1S/C24H36N4O3/c1-18(2)23(30)27(14-10-20-8-5-4-6-9-20)21-16-22(28(17-21)19(3)29)24(31)26-13-7-11-25-12-15-26/h4-6,8-9,18,21-22,25H,7,10-17H2,1-3H3. The van der Waals surface area contributed by atoms with E-state index < -0.39 is 6.04 Å². The first-order valence-electron chi connectivity index (χ1n) is 11.5. The quantitative estimate of drug-likeness (QED) is 0.746. The number of rotatable bonds is 6. The average Bonchev–Trinajstić information content (AvgIpc) is 3.02. The van der Waals surface area contributed by atoms with Gasteiger partial charge in [-0.15, -0.1) is 0 Å². The fraction of sp³-hybridized carbons (Fsp3) is 0.625. The Morgan fingerprint density at radius 1 is 1.13 bits per heavy atom. The van der Waals surface area contributed by atoms with Crippen LogP contribution >= 0.6 is 0 Å². The van der Waals surface area contributed by atoms with Gasteiger partial charge in [-0.05, 0) is 31.4 Å². The van der Waals surface area contributed by atoms with E-state index in [0.717, 1.165) is 25.9 Å². The molecule has 1 aromatic rings. The third-order valence-corrected chi connectivity index (χ3v) is 6.32. The van der Waals surface area contributed by atoms with Crippen LogP contribution in [0.4, 0.5) is 0 Å². The maximum Gasteiger partial charge on any atom is 0.245 e. The molecule has 0 spiro atoms. The van der Waals surface area contributed by atoms with Crippen molar-refractivity contribution in [3.63, 3.8) is 0 Å². The van der Waals surface area contributed by atoms with Gasteiger partial charge in [0.2, 0.25) is 17.7 Å². The van der Waals surface area contributed by atoms with E-state index >= 15 is 0 Å². The summed E-state index contributed by atoms with van der Waals surface area (Å²) in [6, 6.07) is 9.49. The molecule has 1 N–H and O–H groups in total. The zero-order valence-corrected chi connectivity index (χ0v) is 19.0. The number of amides is 3. The van der Waals surface area contributed by atoms with Crippen molar-refractivity contribution < 1.29 is 14.4 Å². The Kier molecular flexibility index (Phi) is 8.07. The highest BCUT2D eigenvalue weighted by molar-refractivity contribution is 5.88. The van der Waals surface area contributed by atoms with Gasteiger partial charge in [0.15, 0.2) is 0 Å². The van der Waals surface area contributed by atoms with Crippen molar-refractivity contribution in [3.05, 3.63) is 35.9 Å². The van der Waals surface area contributed by atoms with Gasteiger partial charge in [-0.1, -0.05) is 44.2 Å². The monoisotopic (exact) mass is 428 g/mol. The molecule has 3 rings (SSSR count). The van der Waals surface area contributed by atoms with Gasteiger partial charge in [-0.3, -0.25) is 14.4 Å². The molecule has 2 aliphatic heterocycles. The summed E-state index contributed by atoms with van der Waals surface area (Å²) in [7, 11) is 0. The van der Waals surface area contributed by atoms with Gasteiger partial charge < -0.3 is 20.0 Å². The highest BCUT2D eigenvalue weighted by Gasteiger charge is 2.43. The maximum atomic E-state index is 13.3. The molecule has 2 atom stereocenters. The lowest BCUT2D eigenvalue weighted by Crippen LogP contribution is -2.48. The number of hydrogen-bond donors (Lipinski definition) is 1. The van der Waals surface area contributed by atoms with Crippen molar-refractivity contribution in [2.75, 3.05) is 39.3 Å². The molecule has 0 aliphatic carbocycles. The van der Waals surface area contributed by atoms with Gasteiger partial charge >= 0.3 is 0 Å². The van der Waals surface area contributed by atoms with Gasteiger partial charge in [0.05, 0.1) is 6.04 Å². The predicted molar refractivity (Wildman–Crippen MR) is 120 cm³/mol. The van der Waals surface area contributed by atoms with Gasteiger partial charge in [-0.25, -0.2) is 0 Å². The van der Waals surface area contributed by atoms with Crippen molar-refractivity contribution in [1.82, 2.24) is 20.0 Å². The maximum absolute atomic E-state index is 13.3. The summed E-state index contributed by atoms with van der Waals surface area (Å²) in [4.78, 5) is 44.3. The Morgan fingerprint density at radius 2 is 1.87 bits per heavy atom. The van der Waals surface area contributed by atoms with E-state index in [1.807, 2.05) is 41.8 Å². The average molecular weight is 429 g/mol. The number of carbonyl (C=O) groups excluding carboxylic acids is 3. The van der Waals surface area contributed by atoms with Crippen molar-refractivity contribution in [1.29, 1.82) is 0 Å². The molecule has 2 saturated heterocycles. The summed E-state index contributed by atoms with van der Waals surface area (Å²) in [6.45, 7) is 9.39. The smallest absolute Gasteiger partial charge is 0.245 e. The number of hydrogen-bond acceptors (Lipinski definition) is 4. The van der Waals surface area contributed by atoms with Crippen LogP contribution in [-0.2, 0) is 20.8 Å². The third-order valence-electron chi connectivity index (χ3n) is 6.32. The molecule has 0 radical (unpaired) electrons. The minimum atomic E-state index is -0.486. The minimum absolute atomic E-state index is 0.0152. The van der Waals surface area contributed by atoms with E-state index in [4.69, 9.17) is 0 Å². The minimum Gasteiger partial charge on any atom is -0.340 e. The Labute approximate surface area is 185 Å². The number of nitrogens with zero attached hydrogens (tertiary/aromatic N) is 3. The first-order valence-corrected chi connectivity index (χ1v) is 11.5. The van der Waals surface area contributed by atoms with Gasteiger partial charge in [0, 0.05) is 45.6 Å². The largest absolute Gasteiger partial charge is 0.340 e. The Balaban J connectivity index is 1.76. The van der Waals surface area contributed by atoms with Crippen LogP contribution in [0.2, 0.25) is 0 Å². The van der Waals surface area contributed by atoms with E-state index in [0.29, 0.717) is 32.6 Å². The summed E-state index contributed by atoms with van der Waals surface area (Å²) in [6.07, 6.45) is 2.18. The molecule has 0 saturated carbocycles. The second-order valence-electron chi connectivity index (χ2n) is 8.93. The van der Waals surface area contributed by atoms with Crippen LogP contribution in [0.1, 0.15) is 39.2 Å². The fourth-order valence-electron chi connectivity index (χ4n) is 4.60. The van der Waals surface area contributed by atoms with E-state index in [-0.39, 0.29) is 29.7 Å². The molecule has 7 nitrogen and oxygen atoms in total. The van der Waals surface area contributed by atoms with Gasteiger partial charge in [-0.2, -0.15) is 0 Å². The van der Waals surface area contributed by atoms with Crippen molar-refractivity contribution >= 4 is 17.7 Å². The van der Waals surface area contributed by atoms with Gasteiger partial charge in [0.25, 0.3) is 0 Å². The SMILES string of the molecule is CC(=O)N1CC(N(CCc2ccccc2)C(=O)C(C)C)CC1C(=O)N1CCCNCC1. The molecular formula is C24H36N4O3. The zero-order chi connectivity index (χ0) is 22.4. The molecule has 2 unspecified atom stereocenters. The number of benzene rings is 1. The molecular weight excluding hydrogens is 392 g/mol. The molecule has 3 amide bonds. The second-order valence-corrected chi connectivity index (χ2v) is 8.93. The molecule has 7 heteroatoms. The van der Waals surface area contributed by atoms with Crippen LogP contribution in [-0.4, -0.2) is 83.8 Å².